The highest BCUT2D eigenvalue weighted by atomic mass is 28.4. The van der Waals surface area contributed by atoms with E-state index in [-0.39, 0.29) is 39.6 Å². The monoisotopic (exact) mass is 1660 g/mol. The molecule has 0 saturated carbocycles. The molecule has 0 aromatic heterocycles. The van der Waals surface area contributed by atoms with Crippen molar-refractivity contribution >= 4 is 61.8 Å². The number of ether oxygens (including phenoxy) is 18. The minimum atomic E-state index is -3.00. The standard InChI is InChI=1S/C87H108N2O28Si/c1-48-49(2)79(96)88(78(48)95)66-72(102-42-59-34-24-17-25-35-59)68(114-85-76(107-55(8)93)74(106-54(7)92)70(105-53(6)91)64(111-85)46-101-52(5)90)62(44-99-40-57-30-20-15-21-31-57)109-83(66)116-75-71-65(47-104-82(113-71)61-38-28-19-29-39-61)112-86(77(75)108-56(9)94)115-69-63(45-100-41-58-32-22-16-23-33-58)110-84(117-118(13,14)87(10,11)12)67(89-80(97)50(3)51(4)81(89)98)73(69)103-43-60-36-26-18-27-37-60/h15-39,48-51,62-77,82-86H,40-47H2,1-14H3/t48?,49?,50?,51?,62-,63-,64-,65-,66-,67-,68-,69-,70+,71+,72-,73-,74+,75+,76-,77-,82?,83+,84+,85+,86+/m1/s1. The van der Waals surface area contributed by atoms with Crippen molar-refractivity contribution in [2.45, 2.75) is 257 Å². The van der Waals surface area contributed by atoms with E-state index < -0.39 is 233 Å². The summed E-state index contributed by atoms with van der Waals surface area (Å²) in [5.41, 5.74) is 3.32. The Hall–Kier alpha value is -8.61. The van der Waals surface area contributed by atoms with E-state index in [0.29, 0.717) is 22.3 Å². The summed E-state index contributed by atoms with van der Waals surface area (Å²) in [6.07, 6.45) is -30.3. The quantitative estimate of drug-likeness (QED) is 0.0173. The first kappa shape index (κ1) is 88.7. The third kappa shape index (κ3) is 20.9. The Morgan fingerprint density at radius 2 is 0.754 bits per heavy atom. The lowest BCUT2D eigenvalue weighted by molar-refractivity contribution is -0.406. The van der Waals surface area contributed by atoms with Crippen LogP contribution in [0.4, 0.5) is 0 Å². The molecule has 0 bridgehead atoms. The Morgan fingerprint density at radius 3 is 1.18 bits per heavy atom. The molecule has 7 saturated heterocycles. The molecule has 0 N–H and O–H groups in total. The van der Waals surface area contributed by atoms with Gasteiger partial charge in [-0.15, -0.1) is 0 Å². The van der Waals surface area contributed by atoms with Gasteiger partial charge < -0.3 is 89.7 Å². The van der Waals surface area contributed by atoms with E-state index >= 15 is 19.2 Å². The summed E-state index contributed by atoms with van der Waals surface area (Å²) in [5.74, 6) is -10.5. The lowest BCUT2D eigenvalue weighted by Crippen LogP contribution is -2.72. The van der Waals surface area contributed by atoms with Crippen LogP contribution in [0.15, 0.2) is 152 Å². The van der Waals surface area contributed by atoms with Gasteiger partial charge in [0.1, 0.15) is 79.7 Å². The lowest BCUT2D eigenvalue weighted by atomic mass is 9.92. The number of likely N-dealkylation sites (tertiary alicyclic amines) is 2. The molecule has 25 atom stereocenters. The smallest absolute Gasteiger partial charge is 0.303 e. The molecule has 0 spiro atoms. The number of hydrogen-bond donors (Lipinski definition) is 0. The lowest BCUT2D eigenvalue weighted by Gasteiger charge is -2.54. The number of esters is 5. The van der Waals surface area contributed by atoms with Gasteiger partial charge in [0.25, 0.3) is 0 Å². The van der Waals surface area contributed by atoms with Crippen LogP contribution in [0.3, 0.4) is 0 Å². The van der Waals surface area contributed by atoms with Crippen LogP contribution in [0.2, 0.25) is 18.1 Å². The Morgan fingerprint density at radius 1 is 0.398 bits per heavy atom. The van der Waals surface area contributed by atoms with E-state index in [1.807, 2.05) is 131 Å². The van der Waals surface area contributed by atoms with Crippen molar-refractivity contribution < 1.29 is 133 Å². The van der Waals surface area contributed by atoms with E-state index in [9.17, 15) is 24.0 Å². The van der Waals surface area contributed by atoms with E-state index in [2.05, 4.69) is 0 Å². The zero-order valence-corrected chi connectivity index (χ0v) is 69.8. The third-order valence-corrected chi connectivity index (χ3v) is 27.3. The van der Waals surface area contributed by atoms with Gasteiger partial charge in [-0.2, -0.15) is 0 Å². The number of nitrogens with zero attached hydrogens (tertiary/aromatic N) is 2. The van der Waals surface area contributed by atoms with Gasteiger partial charge in [0.15, 0.2) is 64.2 Å². The highest BCUT2D eigenvalue weighted by Gasteiger charge is 2.65. The molecule has 7 heterocycles. The normalized spacial score (nSPS) is 32.5. The number of amides is 4. The van der Waals surface area contributed by atoms with Crippen molar-refractivity contribution in [2.24, 2.45) is 23.7 Å². The highest BCUT2D eigenvalue weighted by Crippen LogP contribution is 2.47. The van der Waals surface area contributed by atoms with Crippen LogP contribution in [-0.2, 0) is 159 Å². The van der Waals surface area contributed by atoms with E-state index in [0.717, 1.165) is 45.1 Å². The molecule has 7 fully saturated rings. The van der Waals surface area contributed by atoms with Gasteiger partial charge in [0.05, 0.1) is 46.2 Å². The number of benzene rings is 5. The van der Waals surface area contributed by atoms with Crippen LogP contribution < -0.4 is 0 Å². The Bertz CT molecular complexity index is 4200. The maximum Gasteiger partial charge on any atom is 0.303 e. The Kier molecular flexibility index (Phi) is 29.5. The van der Waals surface area contributed by atoms with Crippen LogP contribution in [0.1, 0.15) is 117 Å². The van der Waals surface area contributed by atoms with Gasteiger partial charge >= 0.3 is 29.8 Å². The SMILES string of the molecule is CC(=O)OC[C@H]1O[C@@H](O[C@H]2[C@H](OCc3ccccc3)[C@@H](N3C(=O)C(C)C(C)C3=O)[C@H](O[C@H]3[C@H]4OC(c5ccccc5)OC[C@H]4O[C@@H](O[C@H]4[C@H](OCc5ccccc5)[C@@H](N5C(=O)C(C)C(C)C5=O)[C@H](O[Si](C)(C)C(C)(C)C)O[C@@H]4COCc4ccccc4)[C@@H]3OC(C)=O)O[C@@H]2COCc2ccccc2)[C@H](OC(C)=O)[C@@H](OC(C)=O)[C@H]1OC(C)=O. The van der Waals surface area contributed by atoms with Gasteiger partial charge in [0, 0.05) is 63.9 Å². The number of hydrogen-bond acceptors (Lipinski definition) is 28. The number of fused-ring (bicyclic) bond motifs is 1. The van der Waals surface area contributed by atoms with Gasteiger partial charge in [-0.1, -0.05) is 200 Å². The Balaban J connectivity index is 1.04. The van der Waals surface area contributed by atoms with Crippen LogP contribution in [-0.4, -0.2) is 221 Å². The summed E-state index contributed by atoms with van der Waals surface area (Å²) in [5, 5.41) is -0.470. The maximum atomic E-state index is 15.6. The number of carbonyl (C=O) groups excluding carboxylic acids is 9. The first-order valence-electron chi connectivity index (χ1n) is 40.0. The fourth-order valence-electron chi connectivity index (χ4n) is 15.5. The van der Waals surface area contributed by atoms with Crippen molar-refractivity contribution in [3.63, 3.8) is 0 Å². The summed E-state index contributed by atoms with van der Waals surface area (Å²) < 4.78 is 130. The van der Waals surface area contributed by atoms with Crippen molar-refractivity contribution in [1.29, 1.82) is 0 Å². The molecule has 12 rings (SSSR count). The molecular formula is C87H108N2O28Si. The van der Waals surface area contributed by atoms with Crippen molar-refractivity contribution in [2.75, 3.05) is 26.4 Å². The predicted octanol–water partition coefficient (Wildman–Crippen LogP) is 9.09. The zero-order valence-electron chi connectivity index (χ0n) is 68.8. The minimum Gasteiger partial charge on any atom is -0.463 e. The molecule has 638 valence electrons. The third-order valence-electron chi connectivity index (χ3n) is 22.9. The van der Waals surface area contributed by atoms with Gasteiger partial charge in [-0.3, -0.25) is 53.0 Å². The van der Waals surface area contributed by atoms with Gasteiger partial charge in [-0.25, -0.2) is 0 Å². The molecule has 4 amide bonds. The topological polar surface area (TPSA) is 335 Å². The second-order valence-electron chi connectivity index (χ2n) is 32.4. The van der Waals surface area contributed by atoms with E-state index in [1.165, 1.54) is 4.90 Å². The highest BCUT2D eigenvalue weighted by molar-refractivity contribution is 6.74. The fourth-order valence-corrected chi connectivity index (χ4v) is 16.6. The summed E-state index contributed by atoms with van der Waals surface area (Å²) in [6, 6.07) is 42.4. The van der Waals surface area contributed by atoms with E-state index in [4.69, 9.17) is 89.7 Å². The van der Waals surface area contributed by atoms with Crippen LogP contribution in [0.5, 0.6) is 0 Å². The Labute approximate surface area is 687 Å². The molecule has 7 aliphatic heterocycles. The second-order valence-corrected chi connectivity index (χ2v) is 37.1. The molecule has 5 aromatic rings. The predicted molar refractivity (Wildman–Crippen MR) is 417 cm³/mol. The minimum absolute atomic E-state index is 0.0655. The average molecular weight is 1660 g/mol. The fraction of sp³-hybridized carbons (Fsp3) is 0.552. The molecule has 30 nitrogen and oxygen atoms in total. The molecule has 0 radical (unpaired) electrons. The molecule has 0 aliphatic carbocycles. The number of imide groups is 2. The van der Waals surface area contributed by atoms with Crippen molar-refractivity contribution in [3.8, 4) is 0 Å². The molecule has 7 aliphatic rings. The zero-order chi connectivity index (χ0) is 84.4. The van der Waals surface area contributed by atoms with Crippen molar-refractivity contribution in [3.05, 3.63) is 179 Å². The molecule has 5 unspecified atom stereocenters. The average Bonchev–Trinajstić information content (AvgIpc) is 1.36. The van der Waals surface area contributed by atoms with Gasteiger partial charge in [-0.05, 0) is 40.4 Å². The first-order chi connectivity index (χ1) is 56.4. The summed E-state index contributed by atoms with van der Waals surface area (Å²) >= 11 is 0. The maximum absolute atomic E-state index is 15.6. The van der Waals surface area contributed by atoms with Crippen LogP contribution >= 0.6 is 0 Å². The van der Waals surface area contributed by atoms with E-state index in [1.54, 1.807) is 82.3 Å². The molecule has 31 heteroatoms. The van der Waals surface area contributed by atoms with Crippen LogP contribution in [0.25, 0.3) is 0 Å². The molecular weight excluding hydrogens is 1550 g/mol. The molecule has 5 aromatic carbocycles. The number of rotatable bonds is 31. The van der Waals surface area contributed by atoms with Crippen molar-refractivity contribution in [1.82, 2.24) is 9.80 Å². The first-order valence-corrected chi connectivity index (χ1v) is 43.0. The van der Waals surface area contributed by atoms with Crippen LogP contribution in [0, 0.1) is 23.7 Å². The molecule has 118 heavy (non-hydrogen) atoms. The second kappa shape index (κ2) is 39.3. The number of carbonyl (C=O) groups is 9. The van der Waals surface area contributed by atoms with Gasteiger partial charge in [0.2, 0.25) is 23.6 Å². The summed E-state index contributed by atoms with van der Waals surface area (Å²) in [7, 11) is -3.00. The summed E-state index contributed by atoms with van der Waals surface area (Å²) in [6.45, 7) is 20.2. The summed E-state index contributed by atoms with van der Waals surface area (Å²) in [4.78, 5) is 131. The largest absolute Gasteiger partial charge is 0.463 e.